The Balaban J connectivity index is 1.50. The predicted molar refractivity (Wildman–Crippen MR) is 220 cm³/mol. The topological polar surface area (TPSA) is 251 Å². The number of ether oxygens (including phenoxy) is 6. The second-order valence-electron chi connectivity index (χ2n) is 15.1. The van der Waals surface area contributed by atoms with Crippen LogP contribution < -0.4 is 0 Å². The van der Waals surface area contributed by atoms with E-state index < -0.39 is 97.9 Å². The number of hydrogen-bond donors (Lipinski definition) is 8. The monoisotopic (exact) mass is 858 g/mol. The molecule has 1 spiro atoms. The van der Waals surface area contributed by atoms with Crippen molar-refractivity contribution in [3.63, 3.8) is 0 Å². The predicted octanol–water partition coefficient (Wildman–Crippen LogP) is 3.43. The first kappa shape index (κ1) is 49.5. The van der Waals surface area contributed by atoms with Crippen LogP contribution in [0.4, 0.5) is 0 Å². The fraction of sp³-hybridized carbons (Fsp3) is 0.556. The summed E-state index contributed by atoms with van der Waals surface area (Å²) in [6.07, 6.45) is 11.0. The van der Waals surface area contributed by atoms with Gasteiger partial charge in [-0.25, -0.2) is 9.59 Å². The average molecular weight is 859 g/mol. The van der Waals surface area contributed by atoms with Gasteiger partial charge in [0.25, 0.3) is 0 Å². The summed E-state index contributed by atoms with van der Waals surface area (Å²) in [6.45, 7) is 2.50. The third-order valence-electron chi connectivity index (χ3n) is 10.3. The maximum atomic E-state index is 13.3. The van der Waals surface area contributed by atoms with E-state index in [0.717, 1.165) is 69.6 Å². The van der Waals surface area contributed by atoms with Gasteiger partial charge in [0.15, 0.2) is 18.5 Å². The molecule has 11 atom stereocenters. The number of carbonyl (C=O) groups is 2. The second-order valence-corrected chi connectivity index (χ2v) is 15.1. The molecule has 1 unspecified atom stereocenters. The van der Waals surface area contributed by atoms with Crippen LogP contribution in [0.3, 0.4) is 0 Å². The summed E-state index contributed by atoms with van der Waals surface area (Å²) in [7, 11) is 0. The number of fused-ring (bicyclic) bond motifs is 2. The van der Waals surface area contributed by atoms with Crippen LogP contribution in [0.25, 0.3) is 0 Å². The Bertz CT molecular complexity index is 1720. The number of esters is 2. The van der Waals surface area contributed by atoms with E-state index >= 15 is 0 Å². The van der Waals surface area contributed by atoms with Crippen LogP contribution in [0.15, 0.2) is 85.0 Å². The number of hydrogen-bond acceptors (Lipinski definition) is 16. The minimum absolute atomic E-state index is 0.107. The van der Waals surface area contributed by atoms with Crippen molar-refractivity contribution in [2.75, 3.05) is 13.2 Å². The van der Waals surface area contributed by atoms with Gasteiger partial charge >= 0.3 is 11.9 Å². The molecular weight excluding hydrogens is 796 g/mol. The van der Waals surface area contributed by atoms with E-state index in [4.69, 9.17) is 28.4 Å². The molecule has 3 aliphatic rings. The second kappa shape index (κ2) is 25.0. The van der Waals surface area contributed by atoms with Gasteiger partial charge < -0.3 is 69.3 Å². The Labute approximate surface area is 356 Å². The molecule has 16 heteroatoms. The summed E-state index contributed by atoms with van der Waals surface area (Å²) < 4.78 is 34.7. The van der Waals surface area contributed by atoms with E-state index in [1.807, 2.05) is 18.2 Å². The SMILES string of the molecule is CCCCC/C=C\C=C\C(=O)OC[C@H]1O[C@@H](O[C@H]2[C@H](OC(=O)/C=C/C=C/CC(O)/C=C/C=C/CCCCC)[C@@H](O)[C@@]3(OCc4cc(O)cc(O)c43)O[C@@H]2CO)[C@H](O)[C@@H](O)[C@H]1O. The molecule has 2 fully saturated rings. The zero-order chi connectivity index (χ0) is 44.4. The van der Waals surface area contributed by atoms with E-state index in [9.17, 15) is 50.4 Å². The molecule has 3 heterocycles. The fourth-order valence-electron chi connectivity index (χ4n) is 7.09. The number of allylic oxidation sites excluding steroid dienone is 8. The first-order valence-corrected chi connectivity index (χ1v) is 20.9. The van der Waals surface area contributed by atoms with Crippen molar-refractivity contribution < 1.29 is 78.9 Å². The minimum atomic E-state index is -2.26. The number of aliphatic hydroxyl groups is 6. The minimum Gasteiger partial charge on any atom is -0.508 e. The van der Waals surface area contributed by atoms with Crippen molar-refractivity contribution in [3.8, 4) is 11.5 Å². The smallest absolute Gasteiger partial charge is 0.331 e. The molecule has 3 aliphatic heterocycles. The molecule has 4 rings (SSSR count). The Morgan fingerprint density at radius 3 is 2.15 bits per heavy atom. The van der Waals surface area contributed by atoms with Gasteiger partial charge in [-0.3, -0.25) is 0 Å². The van der Waals surface area contributed by atoms with Gasteiger partial charge in [-0.1, -0.05) is 100 Å². The first-order valence-electron chi connectivity index (χ1n) is 20.9. The number of aliphatic hydroxyl groups excluding tert-OH is 6. The Hall–Kier alpha value is -4.20. The lowest BCUT2D eigenvalue weighted by Crippen LogP contribution is -2.67. The highest BCUT2D eigenvalue weighted by Gasteiger charge is 2.63. The quantitative estimate of drug-likeness (QED) is 0.0360. The zero-order valence-corrected chi connectivity index (χ0v) is 34.7. The molecule has 16 nitrogen and oxygen atoms in total. The normalized spacial score (nSPS) is 29.9. The van der Waals surface area contributed by atoms with Crippen molar-refractivity contribution in [1.29, 1.82) is 0 Å². The molecule has 338 valence electrons. The van der Waals surface area contributed by atoms with Crippen LogP contribution >= 0.6 is 0 Å². The lowest BCUT2D eigenvalue weighted by Gasteiger charge is -2.50. The van der Waals surface area contributed by atoms with Crippen molar-refractivity contribution in [1.82, 2.24) is 0 Å². The van der Waals surface area contributed by atoms with Crippen LogP contribution in [-0.2, 0) is 50.4 Å². The zero-order valence-electron chi connectivity index (χ0n) is 34.7. The molecule has 8 N–H and O–H groups in total. The molecule has 0 amide bonds. The summed E-state index contributed by atoms with van der Waals surface area (Å²) in [5.74, 6) is -4.90. The average Bonchev–Trinajstić information content (AvgIpc) is 3.60. The van der Waals surface area contributed by atoms with Gasteiger partial charge in [0, 0.05) is 18.2 Å². The lowest BCUT2D eigenvalue weighted by atomic mass is 9.86. The first-order chi connectivity index (χ1) is 29.4. The van der Waals surface area contributed by atoms with Crippen molar-refractivity contribution in [3.05, 3.63) is 96.2 Å². The number of phenols is 2. The number of benzene rings is 1. The highest BCUT2D eigenvalue weighted by atomic mass is 16.8. The van der Waals surface area contributed by atoms with Crippen LogP contribution in [-0.4, -0.2) is 127 Å². The van der Waals surface area contributed by atoms with E-state index in [1.165, 1.54) is 24.3 Å². The molecule has 2 saturated heterocycles. The highest BCUT2D eigenvalue weighted by molar-refractivity contribution is 5.82. The van der Waals surface area contributed by atoms with Gasteiger partial charge in [0.2, 0.25) is 5.79 Å². The van der Waals surface area contributed by atoms with E-state index in [-0.39, 0.29) is 29.9 Å². The molecule has 1 aromatic carbocycles. The summed E-state index contributed by atoms with van der Waals surface area (Å²) in [4.78, 5) is 25.7. The number of aromatic hydroxyl groups is 2. The maximum Gasteiger partial charge on any atom is 0.331 e. The Kier molecular flexibility index (Phi) is 20.3. The Morgan fingerprint density at radius 2 is 1.48 bits per heavy atom. The van der Waals surface area contributed by atoms with Crippen LogP contribution in [0, 0.1) is 0 Å². The van der Waals surface area contributed by atoms with Gasteiger partial charge in [0.05, 0.1) is 24.9 Å². The standard InChI is InChI=1S/C45H62O16/c1-3-5-7-9-11-13-16-20-30(47)21-17-15-19-23-36(51)59-42-41(33(26-46)61-45(43(42)55)37-29(27-57-45)24-31(48)25-32(37)49)60-44-40(54)39(53)38(52)34(58-44)28-56-35(50)22-18-14-12-10-8-6-4-2/h11-20,22-25,30,33-34,38-44,46-49,52-55H,3-10,21,26-28H2,1-2H3/b13-11+,14-12-,17-15+,20-16+,22-18+,23-19+/t30?,33-,34-,38+,39+,40-,41-,42+,43-,44+,45+/m1/s1. The highest BCUT2D eigenvalue weighted by Crippen LogP contribution is 2.51. The molecule has 1 aromatic rings. The molecule has 0 bridgehead atoms. The van der Waals surface area contributed by atoms with E-state index in [0.29, 0.717) is 0 Å². The molecule has 61 heavy (non-hydrogen) atoms. The molecular formula is C45H62O16. The van der Waals surface area contributed by atoms with Crippen LogP contribution in [0.1, 0.15) is 82.8 Å². The third-order valence-corrected chi connectivity index (χ3v) is 10.3. The van der Waals surface area contributed by atoms with Crippen LogP contribution in [0.2, 0.25) is 0 Å². The number of rotatable bonds is 22. The molecule has 0 saturated carbocycles. The van der Waals surface area contributed by atoms with Crippen molar-refractivity contribution in [2.24, 2.45) is 0 Å². The lowest BCUT2D eigenvalue weighted by molar-refractivity contribution is -0.395. The molecule has 0 radical (unpaired) electrons. The van der Waals surface area contributed by atoms with Gasteiger partial charge in [-0.2, -0.15) is 0 Å². The van der Waals surface area contributed by atoms with Gasteiger partial charge in [0.1, 0.15) is 54.7 Å². The van der Waals surface area contributed by atoms with Crippen molar-refractivity contribution >= 4 is 11.9 Å². The van der Waals surface area contributed by atoms with E-state index in [2.05, 4.69) is 13.8 Å². The largest absolute Gasteiger partial charge is 0.508 e. The fourth-order valence-corrected chi connectivity index (χ4v) is 7.09. The third kappa shape index (κ3) is 13.9. The molecule has 0 aliphatic carbocycles. The molecule has 0 aromatic heterocycles. The number of unbranched alkanes of at least 4 members (excludes halogenated alkanes) is 6. The summed E-state index contributed by atoms with van der Waals surface area (Å²) in [5.41, 5.74) is 0.116. The van der Waals surface area contributed by atoms with Gasteiger partial charge in [-0.15, -0.1) is 0 Å². The summed E-state index contributed by atoms with van der Waals surface area (Å²) in [6, 6.07) is 2.26. The van der Waals surface area contributed by atoms with Gasteiger partial charge in [-0.05, 0) is 43.7 Å². The number of phenolic OH excluding ortho intramolecular Hbond substituents is 2. The van der Waals surface area contributed by atoms with Crippen molar-refractivity contribution in [2.45, 2.75) is 145 Å². The number of carbonyl (C=O) groups excluding carboxylic acids is 2. The Morgan fingerprint density at radius 1 is 0.820 bits per heavy atom. The van der Waals surface area contributed by atoms with Crippen LogP contribution in [0.5, 0.6) is 11.5 Å². The summed E-state index contributed by atoms with van der Waals surface area (Å²) in [5, 5.41) is 86.2. The maximum absolute atomic E-state index is 13.3. The van der Waals surface area contributed by atoms with E-state index in [1.54, 1.807) is 24.3 Å². The summed E-state index contributed by atoms with van der Waals surface area (Å²) >= 11 is 0.